The van der Waals surface area contributed by atoms with Crippen molar-refractivity contribution >= 4 is 17.6 Å². The van der Waals surface area contributed by atoms with Gasteiger partial charge in [0.15, 0.2) is 5.84 Å². The van der Waals surface area contributed by atoms with Crippen LogP contribution >= 0.6 is 0 Å². The average Bonchev–Trinajstić information content (AvgIpc) is 2.55. The maximum atomic E-state index is 12.1. The molecule has 21 heavy (non-hydrogen) atoms. The third kappa shape index (κ3) is 3.74. The summed E-state index contributed by atoms with van der Waals surface area (Å²) < 4.78 is 0. The molecule has 0 unspecified atom stereocenters. The second-order valence-electron chi connectivity index (χ2n) is 4.10. The number of hydrazone groups is 2. The number of aliphatic hydroxyl groups excluding tert-OH is 2. The molecule has 1 aliphatic heterocycles. The fourth-order valence-corrected chi connectivity index (χ4v) is 1.69. The molecule has 0 spiro atoms. The van der Waals surface area contributed by atoms with Crippen LogP contribution in [0.2, 0.25) is 0 Å². The summed E-state index contributed by atoms with van der Waals surface area (Å²) in [5, 5.41) is 25.7. The van der Waals surface area contributed by atoms with Crippen molar-refractivity contribution in [1.29, 1.82) is 0 Å². The van der Waals surface area contributed by atoms with Gasteiger partial charge in [0.25, 0.3) is 5.91 Å². The van der Waals surface area contributed by atoms with Gasteiger partial charge in [-0.05, 0) is 12.1 Å². The molecule has 0 aromatic carbocycles. The molecule has 112 valence electrons. The van der Waals surface area contributed by atoms with Gasteiger partial charge in [0.1, 0.15) is 5.69 Å². The van der Waals surface area contributed by atoms with E-state index >= 15 is 0 Å². The van der Waals surface area contributed by atoms with E-state index in [2.05, 4.69) is 26.0 Å². The molecule has 0 radical (unpaired) electrons. The molecular formula is C12H16N6O3. The van der Waals surface area contributed by atoms with Crippen molar-refractivity contribution < 1.29 is 15.0 Å². The number of hydrogen-bond donors (Lipinski definition) is 4. The first-order chi connectivity index (χ1) is 10.3. The molecule has 0 aliphatic carbocycles. The van der Waals surface area contributed by atoms with Crippen LogP contribution in [-0.2, 0) is 4.79 Å². The topological polar surface area (TPSA) is 122 Å². The molecule has 0 atom stereocenters. The smallest absolute Gasteiger partial charge is 0.293 e. The fourth-order valence-electron chi connectivity index (χ4n) is 1.69. The third-order valence-electron chi connectivity index (χ3n) is 2.68. The Morgan fingerprint density at radius 3 is 2.43 bits per heavy atom. The van der Waals surface area contributed by atoms with Crippen LogP contribution in [0.5, 0.6) is 0 Å². The number of carbonyl (C=O) groups is 1. The first-order valence-corrected chi connectivity index (χ1v) is 6.36. The zero-order valence-corrected chi connectivity index (χ0v) is 11.2. The van der Waals surface area contributed by atoms with Gasteiger partial charge in [-0.3, -0.25) is 20.6 Å². The molecule has 1 amide bonds. The van der Waals surface area contributed by atoms with Crippen molar-refractivity contribution in [2.24, 2.45) is 10.2 Å². The lowest BCUT2D eigenvalue weighted by Crippen LogP contribution is -2.47. The molecule has 4 N–H and O–H groups in total. The Morgan fingerprint density at radius 1 is 1.14 bits per heavy atom. The zero-order chi connectivity index (χ0) is 15.1. The highest BCUT2D eigenvalue weighted by molar-refractivity contribution is 6.38. The third-order valence-corrected chi connectivity index (χ3v) is 2.68. The Hall–Kier alpha value is -2.52. The van der Waals surface area contributed by atoms with Crippen LogP contribution in [0.25, 0.3) is 0 Å². The van der Waals surface area contributed by atoms with Crippen molar-refractivity contribution in [3.05, 3.63) is 30.1 Å². The van der Waals surface area contributed by atoms with Gasteiger partial charge in [0.2, 0.25) is 5.84 Å². The summed E-state index contributed by atoms with van der Waals surface area (Å²) in [4.78, 5) is 17.5. The van der Waals surface area contributed by atoms with E-state index < -0.39 is 5.91 Å². The van der Waals surface area contributed by atoms with E-state index in [1.165, 1.54) is 4.90 Å². The number of amidine groups is 2. The van der Waals surface area contributed by atoms with E-state index in [-0.39, 0.29) is 32.1 Å². The molecule has 1 aromatic rings. The van der Waals surface area contributed by atoms with Gasteiger partial charge >= 0.3 is 0 Å². The molecule has 1 aromatic heterocycles. The summed E-state index contributed by atoms with van der Waals surface area (Å²) in [6, 6.07) is 5.33. The first kappa shape index (κ1) is 14.9. The van der Waals surface area contributed by atoms with Crippen molar-refractivity contribution in [3.63, 3.8) is 0 Å². The normalized spacial score (nSPS) is 13.6. The zero-order valence-electron chi connectivity index (χ0n) is 11.2. The van der Waals surface area contributed by atoms with Gasteiger partial charge in [-0.15, -0.1) is 5.10 Å². The fraction of sp³-hybridized carbons (Fsp3) is 0.333. The molecule has 0 saturated carbocycles. The SMILES string of the molecule is O=C(C1=NNC(c2ccccn2)=NN1)N(CCO)CCO. The van der Waals surface area contributed by atoms with Crippen LogP contribution in [0.1, 0.15) is 5.69 Å². The van der Waals surface area contributed by atoms with Crippen molar-refractivity contribution in [1.82, 2.24) is 20.7 Å². The number of carbonyl (C=O) groups excluding carboxylic acids is 1. The van der Waals surface area contributed by atoms with E-state index in [4.69, 9.17) is 10.2 Å². The maximum Gasteiger partial charge on any atom is 0.293 e. The standard InChI is InChI=1S/C12H16N6O3/c19-7-5-18(6-8-20)12(21)11-16-14-10(15-17-11)9-3-1-2-4-13-9/h1-4,19-20H,5-8H2,(H,14,15)(H,16,17). The molecule has 9 heteroatoms. The second kappa shape index (κ2) is 7.31. The molecule has 2 rings (SSSR count). The van der Waals surface area contributed by atoms with Crippen LogP contribution in [-0.4, -0.2) is 64.0 Å². The Morgan fingerprint density at radius 2 is 1.90 bits per heavy atom. The second-order valence-corrected chi connectivity index (χ2v) is 4.10. The highest BCUT2D eigenvalue weighted by atomic mass is 16.3. The molecule has 2 heterocycles. The largest absolute Gasteiger partial charge is 0.395 e. The van der Waals surface area contributed by atoms with Crippen molar-refractivity contribution in [2.45, 2.75) is 0 Å². The minimum Gasteiger partial charge on any atom is -0.395 e. The molecule has 0 fully saturated rings. The Labute approximate surface area is 121 Å². The summed E-state index contributed by atoms with van der Waals surface area (Å²) in [6.07, 6.45) is 1.62. The highest BCUT2D eigenvalue weighted by Gasteiger charge is 2.22. The van der Waals surface area contributed by atoms with Crippen molar-refractivity contribution in [3.8, 4) is 0 Å². The first-order valence-electron chi connectivity index (χ1n) is 6.36. The van der Waals surface area contributed by atoms with Gasteiger partial charge in [0.05, 0.1) is 13.2 Å². The molecule has 0 saturated heterocycles. The predicted octanol–water partition coefficient (Wildman–Crippen LogP) is -1.94. The lowest BCUT2D eigenvalue weighted by Gasteiger charge is -2.22. The summed E-state index contributed by atoms with van der Waals surface area (Å²) in [6.45, 7) is -0.183. The number of aliphatic hydroxyl groups is 2. The molecule has 1 aliphatic rings. The number of nitrogens with one attached hydrogen (secondary N) is 2. The van der Waals surface area contributed by atoms with Gasteiger partial charge in [-0.1, -0.05) is 6.07 Å². The van der Waals surface area contributed by atoms with Gasteiger partial charge < -0.3 is 15.1 Å². The summed E-state index contributed by atoms with van der Waals surface area (Å²) in [7, 11) is 0. The summed E-state index contributed by atoms with van der Waals surface area (Å²) in [5.41, 5.74) is 5.78. The van der Waals surface area contributed by atoms with Gasteiger partial charge in [-0.25, -0.2) is 0 Å². The number of pyridine rings is 1. The Kier molecular flexibility index (Phi) is 5.18. The van der Waals surface area contributed by atoms with E-state index in [9.17, 15) is 4.79 Å². The molecule has 0 bridgehead atoms. The summed E-state index contributed by atoms with van der Waals surface area (Å²) in [5.74, 6) is -0.0889. The Bertz CT molecular complexity index is 539. The number of rotatable bonds is 6. The number of hydrogen-bond acceptors (Lipinski definition) is 8. The van der Waals surface area contributed by atoms with E-state index in [0.29, 0.717) is 11.5 Å². The Balaban J connectivity index is 2.02. The van der Waals surface area contributed by atoms with Crippen molar-refractivity contribution in [2.75, 3.05) is 26.3 Å². The number of nitrogens with zero attached hydrogens (tertiary/aromatic N) is 4. The van der Waals surface area contributed by atoms with E-state index in [1.54, 1.807) is 24.4 Å². The highest BCUT2D eigenvalue weighted by Crippen LogP contribution is 1.99. The van der Waals surface area contributed by atoms with Gasteiger partial charge in [0, 0.05) is 19.3 Å². The number of amides is 1. The van der Waals surface area contributed by atoms with Crippen LogP contribution < -0.4 is 10.9 Å². The van der Waals surface area contributed by atoms with E-state index in [1.807, 2.05) is 0 Å². The monoisotopic (exact) mass is 292 g/mol. The van der Waals surface area contributed by atoms with Crippen LogP contribution in [0.3, 0.4) is 0 Å². The average molecular weight is 292 g/mol. The lowest BCUT2D eigenvalue weighted by atomic mass is 10.3. The maximum absolute atomic E-state index is 12.1. The molecule has 9 nitrogen and oxygen atoms in total. The lowest BCUT2D eigenvalue weighted by molar-refractivity contribution is -0.125. The summed E-state index contributed by atoms with van der Waals surface area (Å²) >= 11 is 0. The van der Waals surface area contributed by atoms with Crippen LogP contribution in [0, 0.1) is 0 Å². The quantitative estimate of drug-likeness (QED) is 0.484. The predicted molar refractivity (Wildman–Crippen MR) is 75.2 cm³/mol. The van der Waals surface area contributed by atoms with E-state index in [0.717, 1.165) is 0 Å². The minimum atomic E-state index is -0.463. The van der Waals surface area contributed by atoms with Gasteiger partial charge in [-0.2, -0.15) is 5.10 Å². The molecular weight excluding hydrogens is 276 g/mol. The minimum absolute atomic E-state index is 0.0171. The number of aromatic nitrogens is 1. The van der Waals surface area contributed by atoms with Crippen LogP contribution in [0.4, 0.5) is 0 Å². The van der Waals surface area contributed by atoms with Crippen LogP contribution in [0.15, 0.2) is 34.6 Å².